The van der Waals surface area contributed by atoms with Crippen molar-refractivity contribution in [3.05, 3.63) is 0 Å². The van der Waals surface area contributed by atoms with Crippen LogP contribution in [0.4, 0.5) is 0 Å². The molecule has 1 heterocycles. The number of unbranched alkanes of at least 4 members (excludes halogenated alkanes) is 1. The van der Waals surface area contributed by atoms with E-state index < -0.39 is 0 Å². The molecule has 120 valence electrons. The Kier molecular flexibility index (Phi) is 8.74. The van der Waals surface area contributed by atoms with Crippen LogP contribution in [0.2, 0.25) is 0 Å². The maximum atomic E-state index is 5.54. The van der Waals surface area contributed by atoms with E-state index in [4.69, 9.17) is 4.74 Å². The van der Waals surface area contributed by atoms with E-state index in [9.17, 15) is 0 Å². The molecule has 0 aromatic rings. The van der Waals surface area contributed by atoms with Crippen molar-refractivity contribution >= 4 is 0 Å². The molecule has 0 bridgehead atoms. The van der Waals surface area contributed by atoms with Gasteiger partial charge >= 0.3 is 0 Å². The maximum Gasteiger partial charge on any atom is 0.0590 e. The molecular weight excluding hydrogens is 248 g/mol. The van der Waals surface area contributed by atoms with Gasteiger partial charge in [0, 0.05) is 26.2 Å². The zero-order chi connectivity index (χ0) is 14.8. The first-order valence-electron chi connectivity index (χ1n) is 8.55. The third-order valence-corrected chi connectivity index (χ3v) is 4.48. The van der Waals surface area contributed by atoms with Crippen LogP contribution in [0.3, 0.4) is 0 Å². The van der Waals surface area contributed by atoms with Crippen LogP contribution in [-0.4, -0.2) is 50.8 Å². The van der Waals surface area contributed by atoms with Gasteiger partial charge in [0.2, 0.25) is 0 Å². The van der Waals surface area contributed by atoms with Crippen LogP contribution < -0.4 is 5.32 Å². The van der Waals surface area contributed by atoms with Gasteiger partial charge in [-0.25, -0.2) is 0 Å². The Morgan fingerprint density at radius 1 is 1.10 bits per heavy atom. The largest absolute Gasteiger partial charge is 0.380 e. The second-order valence-corrected chi connectivity index (χ2v) is 7.20. The Labute approximate surface area is 126 Å². The molecule has 3 nitrogen and oxygen atoms in total. The van der Waals surface area contributed by atoms with Crippen LogP contribution >= 0.6 is 0 Å². The number of hydrogen-bond donors (Lipinski definition) is 1. The summed E-state index contributed by atoms with van der Waals surface area (Å²) < 4.78 is 5.54. The summed E-state index contributed by atoms with van der Waals surface area (Å²) in [5, 5.41) is 3.48. The Balaban J connectivity index is 1.94. The van der Waals surface area contributed by atoms with E-state index in [1.165, 1.54) is 45.3 Å². The minimum absolute atomic E-state index is 0.486. The van der Waals surface area contributed by atoms with Crippen molar-refractivity contribution in [1.82, 2.24) is 10.2 Å². The molecule has 1 aliphatic heterocycles. The van der Waals surface area contributed by atoms with Gasteiger partial charge in [0.15, 0.2) is 0 Å². The molecule has 0 atom stereocenters. The SMILES string of the molecule is CCCCOCCNCCN1CCC(C(C)(C)C)CC1. The first kappa shape index (κ1) is 17.9. The van der Waals surface area contributed by atoms with Gasteiger partial charge < -0.3 is 15.0 Å². The van der Waals surface area contributed by atoms with E-state index in [0.717, 1.165) is 32.2 Å². The van der Waals surface area contributed by atoms with Crippen LogP contribution in [0.25, 0.3) is 0 Å². The lowest BCUT2D eigenvalue weighted by Gasteiger charge is -2.38. The highest BCUT2D eigenvalue weighted by molar-refractivity contribution is 4.80. The molecule has 0 aromatic carbocycles. The average molecular weight is 284 g/mol. The average Bonchev–Trinajstić information content (AvgIpc) is 2.41. The van der Waals surface area contributed by atoms with Gasteiger partial charge in [-0.1, -0.05) is 34.1 Å². The molecule has 0 aromatic heterocycles. The molecular formula is C17H36N2O. The van der Waals surface area contributed by atoms with Gasteiger partial charge in [-0.3, -0.25) is 0 Å². The van der Waals surface area contributed by atoms with Crippen molar-refractivity contribution in [3.8, 4) is 0 Å². The summed E-state index contributed by atoms with van der Waals surface area (Å²) in [7, 11) is 0. The zero-order valence-electron chi connectivity index (χ0n) is 14.2. The highest BCUT2D eigenvalue weighted by Gasteiger charge is 2.28. The minimum Gasteiger partial charge on any atom is -0.380 e. The molecule has 0 aliphatic carbocycles. The van der Waals surface area contributed by atoms with E-state index in [2.05, 4.69) is 37.9 Å². The summed E-state index contributed by atoms with van der Waals surface area (Å²) in [5.74, 6) is 0.902. The summed E-state index contributed by atoms with van der Waals surface area (Å²) in [5.41, 5.74) is 0.486. The first-order valence-corrected chi connectivity index (χ1v) is 8.55. The van der Waals surface area contributed by atoms with Gasteiger partial charge in [-0.05, 0) is 43.7 Å². The number of likely N-dealkylation sites (tertiary alicyclic amines) is 1. The Hall–Kier alpha value is -0.120. The summed E-state index contributed by atoms with van der Waals surface area (Å²) in [6.07, 6.45) is 5.13. The third-order valence-electron chi connectivity index (χ3n) is 4.48. The predicted molar refractivity (Wildman–Crippen MR) is 87.2 cm³/mol. The van der Waals surface area contributed by atoms with Crippen molar-refractivity contribution in [1.29, 1.82) is 0 Å². The molecule has 1 saturated heterocycles. The molecule has 20 heavy (non-hydrogen) atoms. The zero-order valence-corrected chi connectivity index (χ0v) is 14.2. The van der Waals surface area contributed by atoms with Gasteiger partial charge in [-0.2, -0.15) is 0 Å². The molecule has 1 aliphatic rings. The maximum absolute atomic E-state index is 5.54. The molecule has 0 radical (unpaired) electrons. The topological polar surface area (TPSA) is 24.5 Å². The van der Waals surface area contributed by atoms with E-state index in [0.29, 0.717) is 5.41 Å². The standard InChI is InChI=1S/C17H36N2O/c1-5-6-14-20-15-10-18-9-13-19-11-7-16(8-12-19)17(2,3)4/h16,18H,5-15H2,1-4H3. The highest BCUT2D eigenvalue weighted by atomic mass is 16.5. The second kappa shape index (κ2) is 9.75. The fourth-order valence-corrected chi connectivity index (χ4v) is 2.88. The number of hydrogen-bond acceptors (Lipinski definition) is 3. The number of nitrogens with zero attached hydrogens (tertiary/aromatic N) is 1. The molecule has 1 rings (SSSR count). The van der Waals surface area contributed by atoms with E-state index >= 15 is 0 Å². The van der Waals surface area contributed by atoms with Gasteiger partial charge in [0.1, 0.15) is 0 Å². The molecule has 1 N–H and O–H groups in total. The normalized spacial score (nSPS) is 18.6. The number of ether oxygens (including phenoxy) is 1. The van der Waals surface area contributed by atoms with Gasteiger partial charge in [-0.15, -0.1) is 0 Å². The third kappa shape index (κ3) is 7.61. The van der Waals surface area contributed by atoms with Crippen molar-refractivity contribution in [3.63, 3.8) is 0 Å². The van der Waals surface area contributed by atoms with E-state index in [1.807, 2.05) is 0 Å². The number of piperidine rings is 1. The first-order chi connectivity index (χ1) is 9.54. The lowest BCUT2D eigenvalue weighted by molar-refractivity contribution is 0.110. The van der Waals surface area contributed by atoms with Crippen molar-refractivity contribution in [2.45, 2.75) is 53.4 Å². The molecule has 0 saturated carbocycles. The minimum atomic E-state index is 0.486. The quantitative estimate of drug-likeness (QED) is 0.658. The Morgan fingerprint density at radius 2 is 1.80 bits per heavy atom. The summed E-state index contributed by atoms with van der Waals surface area (Å²) in [6.45, 7) is 16.9. The van der Waals surface area contributed by atoms with Crippen LogP contribution in [0, 0.1) is 11.3 Å². The molecule has 1 fully saturated rings. The summed E-state index contributed by atoms with van der Waals surface area (Å²) >= 11 is 0. The van der Waals surface area contributed by atoms with E-state index in [1.54, 1.807) is 0 Å². The van der Waals surface area contributed by atoms with E-state index in [-0.39, 0.29) is 0 Å². The Bertz CT molecular complexity index is 230. The number of rotatable bonds is 9. The lowest BCUT2D eigenvalue weighted by Crippen LogP contribution is -2.41. The molecule has 0 unspecified atom stereocenters. The van der Waals surface area contributed by atoms with Crippen molar-refractivity contribution in [2.24, 2.45) is 11.3 Å². The Morgan fingerprint density at radius 3 is 2.40 bits per heavy atom. The summed E-state index contributed by atoms with van der Waals surface area (Å²) in [4.78, 5) is 2.60. The molecule has 3 heteroatoms. The molecule has 0 spiro atoms. The smallest absolute Gasteiger partial charge is 0.0590 e. The highest BCUT2D eigenvalue weighted by Crippen LogP contribution is 2.33. The predicted octanol–water partition coefficient (Wildman–Crippen LogP) is 3.15. The van der Waals surface area contributed by atoms with Crippen LogP contribution in [0.1, 0.15) is 53.4 Å². The van der Waals surface area contributed by atoms with Crippen molar-refractivity contribution in [2.75, 3.05) is 45.9 Å². The lowest BCUT2D eigenvalue weighted by atomic mass is 9.75. The van der Waals surface area contributed by atoms with Gasteiger partial charge in [0.25, 0.3) is 0 Å². The molecule has 0 amide bonds. The number of nitrogens with one attached hydrogen (secondary N) is 1. The van der Waals surface area contributed by atoms with Gasteiger partial charge in [0.05, 0.1) is 6.61 Å². The van der Waals surface area contributed by atoms with Crippen LogP contribution in [-0.2, 0) is 4.74 Å². The summed E-state index contributed by atoms with van der Waals surface area (Å²) in [6, 6.07) is 0. The van der Waals surface area contributed by atoms with Crippen LogP contribution in [0.15, 0.2) is 0 Å². The fourth-order valence-electron chi connectivity index (χ4n) is 2.88. The second-order valence-electron chi connectivity index (χ2n) is 7.20. The van der Waals surface area contributed by atoms with Crippen LogP contribution in [0.5, 0.6) is 0 Å². The van der Waals surface area contributed by atoms with Crippen molar-refractivity contribution < 1.29 is 4.74 Å². The monoisotopic (exact) mass is 284 g/mol. The fraction of sp³-hybridized carbons (Fsp3) is 1.00.